The van der Waals surface area contributed by atoms with Gasteiger partial charge in [-0.25, -0.2) is 4.98 Å². The van der Waals surface area contributed by atoms with Crippen LogP contribution in [0, 0.1) is 0 Å². The van der Waals surface area contributed by atoms with Gasteiger partial charge in [0, 0.05) is 16.9 Å². The number of thioether (sulfide) groups is 2. The number of thiazole rings is 1. The first-order valence-electron chi connectivity index (χ1n) is 8.82. The van der Waals surface area contributed by atoms with E-state index >= 15 is 0 Å². The third-order valence-electron chi connectivity index (χ3n) is 4.42. The van der Waals surface area contributed by atoms with Crippen LogP contribution in [0.4, 0.5) is 5.13 Å². The molecule has 2 amide bonds. The molecule has 0 spiro atoms. The molecule has 3 N–H and O–H groups in total. The number of nitrogens with zero attached hydrogens (tertiary/aromatic N) is 5. The summed E-state index contributed by atoms with van der Waals surface area (Å²) in [6.07, 6.45) is 1.59. The molecular weight excluding hydrogens is 498 g/mol. The maximum absolute atomic E-state index is 12.8. The number of carbonyl (C=O) groups excluding carboxylic acids is 3. The molecular formula is C16H14N7O5S4-. The number of aromatic nitrogens is 3. The van der Waals surface area contributed by atoms with Gasteiger partial charge in [0.15, 0.2) is 10.8 Å². The zero-order valence-electron chi connectivity index (χ0n) is 16.2. The number of amides is 2. The molecule has 2 aromatic rings. The fraction of sp³-hybridized carbons (Fsp3) is 0.312. The van der Waals surface area contributed by atoms with Gasteiger partial charge < -0.3 is 25.8 Å². The molecule has 0 aliphatic carbocycles. The smallest absolute Gasteiger partial charge is 0.276 e. The van der Waals surface area contributed by atoms with Crippen LogP contribution in [-0.4, -0.2) is 73.0 Å². The van der Waals surface area contributed by atoms with E-state index in [2.05, 4.69) is 25.0 Å². The molecule has 2 atom stereocenters. The Bertz CT molecular complexity index is 1120. The van der Waals surface area contributed by atoms with Crippen molar-refractivity contribution in [3.8, 4) is 0 Å². The summed E-state index contributed by atoms with van der Waals surface area (Å²) >= 11 is 5.06. The van der Waals surface area contributed by atoms with Crippen molar-refractivity contribution in [2.75, 3.05) is 24.3 Å². The maximum atomic E-state index is 12.8. The summed E-state index contributed by atoms with van der Waals surface area (Å²) in [5.74, 6) is -1.96. The summed E-state index contributed by atoms with van der Waals surface area (Å²) in [4.78, 5) is 47.2. The quantitative estimate of drug-likeness (QED) is 0.194. The van der Waals surface area contributed by atoms with Crippen LogP contribution in [0.25, 0.3) is 0 Å². The van der Waals surface area contributed by atoms with Crippen molar-refractivity contribution in [3.63, 3.8) is 0 Å². The number of hydrogen-bond donors (Lipinski definition) is 2. The fourth-order valence-electron chi connectivity index (χ4n) is 3.06. The molecule has 0 radical (unpaired) electrons. The Hall–Kier alpha value is -2.69. The van der Waals surface area contributed by atoms with Crippen LogP contribution in [0.5, 0.6) is 0 Å². The van der Waals surface area contributed by atoms with E-state index in [1.165, 1.54) is 47.5 Å². The summed E-state index contributed by atoms with van der Waals surface area (Å²) in [5.41, 5.74) is 6.08. The number of hydrogen-bond acceptors (Lipinski definition) is 14. The molecule has 0 bridgehead atoms. The van der Waals surface area contributed by atoms with E-state index in [0.29, 0.717) is 17.1 Å². The van der Waals surface area contributed by atoms with Gasteiger partial charge in [-0.05, 0) is 17.1 Å². The Balaban J connectivity index is 1.49. The molecule has 168 valence electrons. The summed E-state index contributed by atoms with van der Waals surface area (Å²) in [5, 5.41) is 23.0. The average molecular weight is 513 g/mol. The Morgan fingerprint density at radius 2 is 2.31 bits per heavy atom. The van der Waals surface area contributed by atoms with Gasteiger partial charge >= 0.3 is 0 Å². The van der Waals surface area contributed by atoms with Crippen molar-refractivity contribution in [2.24, 2.45) is 5.16 Å². The number of rotatable bonds is 8. The standard InChI is InChI=1S/C16H15N7O5S4/c1-28-21-9(7-5-31-16(17)19-7)12(24)20-10-13(25)23-11(15(26)27)6(4-30-14(10)23)3-29-8-2-18-22-32-8/h2,5,10,14H,3-4H2,1H3,(H2,17,19)(H,20,24)(H,26,27)/p-1/b21-9-/t10-,14-/m1/s1. The molecule has 12 nitrogen and oxygen atoms in total. The van der Waals surface area contributed by atoms with Crippen molar-refractivity contribution < 1.29 is 24.3 Å². The minimum absolute atomic E-state index is 0.140. The zero-order chi connectivity index (χ0) is 22.8. The molecule has 2 aliphatic rings. The Labute approximate surface area is 197 Å². The monoisotopic (exact) mass is 512 g/mol. The van der Waals surface area contributed by atoms with Crippen LogP contribution >= 0.6 is 46.4 Å². The Morgan fingerprint density at radius 3 is 2.94 bits per heavy atom. The molecule has 1 fully saturated rings. The number of carboxylic acids is 1. The van der Waals surface area contributed by atoms with Crippen LogP contribution in [0.2, 0.25) is 0 Å². The van der Waals surface area contributed by atoms with Crippen LogP contribution in [0.15, 0.2) is 32.2 Å². The summed E-state index contributed by atoms with van der Waals surface area (Å²) in [6, 6.07) is -0.931. The SMILES string of the molecule is CO/N=C(\C(=O)N[C@@H]1C(=O)N2C(C(=O)[O-])=C(CSc3cnns3)CS[C@H]12)c1csc(N)n1. The molecule has 16 heteroatoms. The molecule has 4 rings (SSSR count). The molecule has 0 aromatic carbocycles. The normalized spacial score (nSPS) is 20.6. The van der Waals surface area contributed by atoms with Gasteiger partial charge in [0.25, 0.3) is 11.8 Å². The molecule has 32 heavy (non-hydrogen) atoms. The largest absolute Gasteiger partial charge is 0.543 e. The van der Waals surface area contributed by atoms with E-state index < -0.39 is 29.2 Å². The van der Waals surface area contributed by atoms with Gasteiger partial charge in [-0.15, -0.1) is 40.0 Å². The first-order valence-corrected chi connectivity index (χ1v) is 12.5. The van der Waals surface area contributed by atoms with Gasteiger partial charge in [0.05, 0.1) is 17.9 Å². The third kappa shape index (κ3) is 4.30. The van der Waals surface area contributed by atoms with Crippen LogP contribution in [0.1, 0.15) is 5.69 Å². The van der Waals surface area contributed by atoms with E-state index in [9.17, 15) is 19.5 Å². The van der Waals surface area contributed by atoms with Gasteiger partial charge in [-0.3, -0.25) is 14.5 Å². The first kappa shape index (κ1) is 22.5. The lowest BCUT2D eigenvalue weighted by atomic mass is 10.0. The van der Waals surface area contributed by atoms with Gasteiger partial charge in [-0.1, -0.05) is 9.64 Å². The highest BCUT2D eigenvalue weighted by atomic mass is 32.2. The van der Waals surface area contributed by atoms with Gasteiger partial charge in [0.1, 0.15) is 28.4 Å². The molecule has 4 heterocycles. The number of anilines is 1. The van der Waals surface area contributed by atoms with Crippen molar-refractivity contribution in [1.29, 1.82) is 0 Å². The summed E-state index contributed by atoms with van der Waals surface area (Å²) in [6.45, 7) is 0. The zero-order valence-corrected chi connectivity index (χ0v) is 19.5. The fourth-order valence-corrected chi connectivity index (χ4v) is 6.52. The van der Waals surface area contributed by atoms with Crippen molar-refractivity contribution in [3.05, 3.63) is 28.5 Å². The third-order valence-corrected chi connectivity index (χ3v) is 8.35. The second-order valence-electron chi connectivity index (χ2n) is 6.32. The second-order valence-corrected chi connectivity index (χ2v) is 10.4. The van der Waals surface area contributed by atoms with Gasteiger partial charge in [0.2, 0.25) is 0 Å². The first-order chi connectivity index (χ1) is 15.4. The Morgan fingerprint density at radius 1 is 1.50 bits per heavy atom. The number of nitrogens with two attached hydrogens (primary N) is 1. The van der Waals surface area contributed by atoms with Crippen molar-refractivity contribution in [2.45, 2.75) is 15.6 Å². The number of fused-ring (bicyclic) bond motifs is 1. The number of oxime groups is 1. The predicted octanol–water partition coefficient (Wildman–Crippen LogP) is -0.876. The highest BCUT2D eigenvalue weighted by Gasteiger charge is 2.53. The highest BCUT2D eigenvalue weighted by Crippen LogP contribution is 2.41. The van der Waals surface area contributed by atoms with E-state index in [4.69, 9.17) is 10.6 Å². The van der Waals surface area contributed by atoms with Crippen LogP contribution in [-0.2, 0) is 19.2 Å². The van der Waals surface area contributed by atoms with Crippen molar-refractivity contribution >= 4 is 75.0 Å². The lowest BCUT2D eigenvalue weighted by Crippen LogP contribution is -2.71. The number of nitrogens with one attached hydrogen (secondary N) is 1. The minimum atomic E-state index is -1.44. The summed E-state index contributed by atoms with van der Waals surface area (Å²) < 4.78 is 4.59. The highest BCUT2D eigenvalue weighted by molar-refractivity contribution is 8.01. The van der Waals surface area contributed by atoms with E-state index in [1.807, 2.05) is 0 Å². The number of nitrogen functional groups attached to an aromatic ring is 1. The van der Waals surface area contributed by atoms with E-state index in [0.717, 1.165) is 20.4 Å². The molecule has 1 saturated heterocycles. The lowest BCUT2D eigenvalue weighted by molar-refractivity contribution is -0.301. The number of β-lactam (4-membered cyclic amide) rings is 1. The number of carboxylic acid groups (broad SMARTS) is 1. The van der Waals surface area contributed by atoms with E-state index in [-0.39, 0.29) is 22.2 Å². The average Bonchev–Trinajstić information content (AvgIpc) is 3.45. The molecule has 0 unspecified atom stereocenters. The maximum Gasteiger partial charge on any atom is 0.276 e. The van der Waals surface area contributed by atoms with Gasteiger partial charge in [-0.2, -0.15) is 0 Å². The summed E-state index contributed by atoms with van der Waals surface area (Å²) in [7, 11) is 1.27. The van der Waals surface area contributed by atoms with Crippen LogP contribution in [0.3, 0.4) is 0 Å². The second kappa shape index (κ2) is 9.43. The molecule has 2 aliphatic heterocycles. The minimum Gasteiger partial charge on any atom is -0.543 e. The predicted molar refractivity (Wildman–Crippen MR) is 118 cm³/mol. The Kier molecular flexibility index (Phi) is 6.63. The number of aliphatic carboxylic acids is 1. The molecule has 0 saturated carbocycles. The lowest BCUT2D eigenvalue weighted by Gasteiger charge is -2.50. The number of carbonyl (C=O) groups is 3. The van der Waals surface area contributed by atoms with E-state index in [1.54, 1.807) is 6.20 Å². The van der Waals surface area contributed by atoms with Crippen LogP contribution < -0.4 is 16.2 Å². The molecule has 2 aromatic heterocycles. The topological polar surface area (TPSA) is 176 Å². The van der Waals surface area contributed by atoms with Crippen molar-refractivity contribution in [1.82, 2.24) is 24.8 Å².